The molecule has 2 amide bonds. The molecule has 1 heterocycles. The minimum atomic E-state index is -0.206. The van der Waals surface area contributed by atoms with Gasteiger partial charge in [-0.05, 0) is 6.92 Å². The highest BCUT2D eigenvalue weighted by Crippen LogP contribution is 2.15. The van der Waals surface area contributed by atoms with Crippen LogP contribution in [0.15, 0.2) is 42.5 Å². The van der Waals surface area contributed by atoms with Crippen LogP contribution >= 0.6 is 0 Å². The summed E-state index contributed by atoms with van der Waals surface area (Å²) < 4.78 is 0.724. The second-order valence-electron chi connectivity index (χ2n) is 5.99. The Morgan fingerprint density at radius 3 is 2.10 bits per heavy atom. The van der Waals surface area contributed by atoms with Gasteiger partial charge in [-0.2, -0.15) is 0 Å². The van der Waals surface area contributed by atoms with Crippen LogP contribution in [0, 0.1) is 0 Å². The van der Waals surface area contributed by atoms with Crippen LogP contribution in [0.25, 0.3) is 0 Å². The van der Waals surface area contributed by atoms with Crippen molar-refractivity contribution in [2.24, 2.45) is 0 Å². The van der Waals surface area contributed by atoms with Crippen LogP contribution in [0.1, 0.15) is 12.5 Å². The summed E-state index contributed by atoms with van der Waals surface area (Å²) in [7, 11) is 4.23. The molecule has 1 aliphatic rings. The molecule has 0 N–H and O–H groups in total. The Morgan fingerprint density at radius 1 is 1.05 bits per heavy atom. The molecule has 0 bridgehead atoms. The highest BCUT2D eigenvalue weighted by atomic mass is 35.5. The van der Waals surface area contributed by atoms with Crippen molar-refractivity contribution in [3.8, 4) is 0 Å². The standard InChI is InChI=1S/C16H21N2O2.ClH/c1-13(17-15(19)9-10-16(17)20)11-18(2,3)12-14-7-5-4-6-8-14;/h4-10,13H,11-12H2,1-3H3;1H/q+1;/p-1. The zero-order valence-corrected chi connectivity index (χ0v) is 13.4. The topological polar surface area (TPSA) is 37.4 Å². The van der Waals surface area contributed by atoms with Crippen LogP contribution < -0.4 is 12.4 Å². The van der Waals surface area contributed by atoms with Crippen molar-refractivity contribution in [3.05, 3.63) is 48.0 Å². The normalized spacial score (nSPS) is 16.0. The van der Waals surface area contributed by atoms with E-state index in [1.165, 1.54) is 22.6 Å². The van der Waals surface area contributed by atoms with Gasteiger partial charge < -0.3 is 16.9 Å². The molecule has 1 unspecified atom stereocenters. The Bertz CT molecular complexity index is 522. The molecular weight excluding hydrogens is 288 g/mol. The third-order valence-corrected chi connectivity index (χ3v) is 3.50. The van der Waals surface area contributed by atoms with E-state index in [4.69, 9.17) is 0 Å². The molecule has 0 fully saturated rings. The molecule has 1 aromatic rings. The van der Waals surface area contributed by atoms with E-state index in [9.17, 15) is 9.59 Å². The SMILES string of the molecule is CC(C[N+](C)(C)Cc1ccccc1)N1C(=O)C=CC1=O.[Cl-]. The van der Waals surface area contributed by atoms with Gasteiger partial charge >= 0.3 is 0 Å². The van der Waals surface area contributed by atoms with Crippen molar-refractivity contribution in [2.45, 2.75) is 19.5 Å². The van der Waals surface area contributed by atoms with E-state index < -0.39 is 0 Å². The lowest BCUT2D eigenvalue weighted by Gasteiger charge is -2.35. The third-order valence-electron chi connectivity index (χ3n) is 3.50. The number of carbonyl (C=O) groups excluding carboxylic acids is 2. The first kappa shape index (κ1) is 17.4. The van der Waals surface area contributed by atoms with Gasteiger partial charge in [0.05, 0.1) is 26.7 Å². The maximum absolute atomic E-state index is 11.7. The number of imide groups is 1. The lowest BCUT2D eigenvalue weighted by atomic mass is 10.1. The summed E-state index contributed by atoms with van der Waals surface area (Å²) in [5.41, 5.74) is 1.25. The van der Waals surface area contributed by atoms with E-state index in [2.05, 4.69) is 26.2 Å². The number of hydrogen-bond donors (Lipinski definition) is 0. The van der Waals surface area contributed by atoms with E-state index >= 15 is 0 Å². The first-order valence-electron chi connectivity index (χ1n) is 6.80. The van der Waals surface area contributed by atoms with Crippen LogP contribution in [0.5, 0.6) is 0 Å². The van der Waals surface area contributed by atoms with E-state index in [1.54, 1.807) is 0 Å². The number of benzene rings is 1. The Hall–Kier alpha value is -1.65. The largest absolute Gasteiger partial charge is 1.00 e. The van der Waals surface area contributed by atoms with Crippen molar-refractivity contribution in [1.82, 2.24) is 4.90 Å². The molecular formula is C16H21ClN2O2. The van der Waals surface area contributed by atoms with E-state index in [1.807, 2.05) is 25.1 Å². The van der Waals surface area contributed by atoms with Gasteiger partial charge in [-0.25, -0.2) is 0 Å². The summed E-state index contributed by atoms with van der Waals surface area (Å²) in [4.78, 5) is 24.7. The molecule has 0 spiro atoms. The van der Waals surface area contributed by atoms with Crippen LogP contribution in [-0.4, -0.2) is 47.9 Å². The number of nitrogens with zero attached hydrogens (tertiary/aromatic N) is 2. The van der Waals surface area contributed by atoms with Crippen molar-refractivity contribution >= 4 is 11.8 Å². The van der Waals surface area contributed by atoms with Gasteiger partial charge in [0.15, 0.2) is 0 Å². The highest BCUT2D eigenvalue weighted by molar-refractivity contribution is 6.13. The second kappa shape index (κ2) is 6.87. The molecule has 0 aliphatic carbocycles. The van der Waals surface area contributed by atoms with Gasteiger partial charge in [0.25, 0.3) is 11.8 Å². The zero-order valence-electron chi connectivity index (χ0n) is 12.6. The van der Waals surface area contributed by atoms with E-state index in [0.717, 1.165) is 17.6 Å². The van der Waals surface area contributed by atoms with Gasteiger partial charge in [-0.15, -0.1) is 0 Å². The van der Waals surface area contributed by atoms with Crippen LogP contribution in [-0.2, 0) is 16.1 Å². The fraction of sp³-hybridized carbons (Fsp3) is 0.375. The molecule has 0 aromatic heterocycles. The quantitative estimate of drug-likeness (QED) is 0.495. The summed E-state index contributed by atoms with van der Waals surface area (Å²) in [5.74, 6) is -0.413. The number of likely N-dealkylation sites (N-methyl/N-ethyl adjacent to an activating group) is 1. The average Bonchev–Trinajstić information content (AvgIpc) is 2.69. The number of rotatable bonds is 5. The zero-order chi connectivity index (χ0) is 14.8. The number of carbonyl (C=O) groups is 2. The lowest BCUT2D eigenvalue weighted by molar-refractivity contribution is -0.905. The van der Waals surface area contributed by atoms with Gasteiger partial charge in [0, 0.05) is 17.7 Å². The molecule has 21 heavy (non-hydrogen) atoms. The number of hydrogen-bond acceptors (Lipinski definition) is 2. The van der Waals surface area contributed by atoms with Gasteiger partial charge in [-0.1, -0.05) is 30.3 Å². The molecule has 0 radical (unpaired) electrons. The Morgan fingerprint density at radius 2 is 1.57 bits per heavy atom. The smallest absolute Gasteiger partial charge is 0.254 e. The predicted molar refractivity (Wildman–Crippen MR) is 77.6 cm³/mol. The number of halogens is 1. The highest BCUT2D eigenvalue weighted by Gasteiger charge is 2.32. The number of quaternary nitrogens is 1. The van der Waals surface area contributed by atoms with Crippen molar-refractivity contribution in [3.63, 3.8) is 0 Å². The predicted octanol–water partition coefficient (Wildman–Crippen LogP) is -1.42. The minimum Gasteiger partial charge on any atom is -1.00 e. The summed E-state index contributed by atoms with van der Waals surface area (Å²) in [6, 6.07) is 10.1. The van der Waals surface area contributed by atoms with E-state index in [0.29, 0.717) is 0 Å². The van der Waals surface area contributed by atoms with Crippen LogP contribution in [0.2, 0.25) is 0 Å². The lowest BCUT2D eigenvalue weighted by Crippen LogP contribution is -3.00. The fourth-order valence-corrected chi connectivity index (χ4v) is 2.79. The maximum Gasteiger partial charge on any atom is 0.254 e. The number of amides is 2. The Labute approximate surface area is 132 Å². The monoisotopic (exact) mass is 308 g/mol. The van der Waals surface area contributed by atoms with Gasteiger partial charge in [0.1, 0.15) is 6.54 Å². The summed E-state index contributed by atoms with van der Waals surface area (Å²) in [6.45, 7) is 3.52. The maximum atomic E-state index is 11.7. The average molecular weight is 309 g/mol. The molecule has 4 nitrogen and oxygen atoms in total. The Balaban J connectivity index is 0.00000220. The fourth-order valence-electron chi connectivity index (χ4n) is 2.79. The molecule has 1 aliphatic heterocycles. The third kappa shape index (κ3) is 4.41. The van der Waals surface area contributed by atoms with Crippen molar-refractivity contribution in [1.29, 1.82) is 0 Å². The Kier molecular flexibility index (Phi) is 5.70. The van der Waals surface area contributed by atoms with Gasteiger partial charge in [-0.3, -0.25) is 14.5 Å². The van der Waals surface area contributed by atoms with Crippen molar-refractivity contribution < 1.29 is 26.5 Å². The van der Waals surface area contributed by atoms with E-state index in [-0.39, 0.29) is 30.3 Å². The molecule has 1 aromatic carbocycles. The second-order valence-corrected chi connectivity index (χ2v) is 5.99. The van der Waals surface area contributed by atoms with Crippen LogP contribution in [0.3, 0.4) is 0 Å². The molecule has 0 saturated heterocycles. The molecule has 1 atom stereocenters. The minimum absolute atomic E-state index is 0. The van der Waals surface area contributed by atoms with Crippen LogP contribution in [0.4, 0.5) is 0 Å². The summed E-state index contributed by atoms with van der Waals surface area (Å²) >= 11 is 0. The first-order chi connectivity index (χ1) is 9.39. The van der Waals surface area contributed by atoms with Gasteiger partial charge in [0.2, 0.25) is 0 Å². The molecule has 2 rings (SSSR count). The van der Waals surface area contributed by atoms with Crippen molar-refractivity contribution in [2.75, 3.05) is 20.6 Å². The molecule has 0 saturated carbocycles. The molecule has 5 heteroatoms. The first-order valence-corrected chi connectivity index (χ1v) is 6.80. The summed E-state index contributed by atoms with van der Waals surface area (Å²) in [6.07, 6.45) is 2.69. The molecule has 114 valence electrons. The summed E-state index contributed by atoms with van der Waals surface area (Å²) in [5, 5.41) is 0.